The van der Waals surface area contributed by atoms with Crippen LogP contribution in [0.2, 0.25) is 0 Å². The summed E-state index contributed by atoms with van der Waals surface area (Å²) in [5.74, 6) is 0.670. The zero-order valence-corrected chi connectivity index (χ0v) is 8.67. The fourth-order valence-corrected chi connectivity index (χ4v) is 1.44. The van der Waals surface area contributed by atoms with Crippen molar-refractivity contribution in [1.29, 1.82) is 0 Å². The zero-order valence-electron chi connectivity index (χ0n) is 7.85. The maximum absolute atomic E-state index is 5.64. The van der Waals surface area contributed by atoms with E-state index in [1.165, 1.54) is 12.7 Å². The van der Waals surface area contributed by atoms with Crippen LogP contribution in [0.25, 0.3) is 0 Å². The SMILES string of the molecule is Cl.c1cc(OC2CCCNC2)ncn1. The molecule has 2 heterocycles. The van der Waals surface area contributed by atoms with Gasteiger partial charge in [-0.2, -0.15) is 0 Å². The van der Waals surface area contributed by atoms with E-state index in [0.29, 0.717) is 5.88 Å². The quantitative estimate of drug-likeness (QED) is 0.801. The van der Waals surface area contributed by atoms with E-state index < -0.39 is 0 Å². The number of ether oxygens (including phenoxy) is 1. The smallest absolute Gasteiger partial charge is 0.216 e. The fraction of sp³-hybridized carbons (Fsp3) is 0.556. The highest BCUT2D eigenvalue weighted by Gasteiger charge is 2.14. The molecule has 1 saturated heterocycles. The summed E-state index contributed by atoms with van der Waals surface area (Å²) in [6.07, 6.45) is 5.75. The van der Waals surface area contributed by atoms with Crippen molar-refractivity contribution in [2.45, 2.75) is 18.9 Å². The van der Waals surface area contributed by atoms with Crippen LogP contribution in [0.1, 0.15) is 12.8 Å². The van der Waals surface area contributed by atoms with E-state index in [1.807, 2.05) is 0 Å². The largest absolute Gasteiger partial charge is 0.473 e. The van der Waals surface area contributed by atoms with Crippen LogP contribution < -0.4 is 10.1 Å². The van der Waals surface area contributed by atoms with Crippen LogP contribution in [-0.2, 0) is 0 Å². The standard InChI is InChI=1S/C9H13N3O.ClH/c1-2-8(6-10-4-1)13-9-3-5-11-7-12-9;/h3,5,7-8,10H,1-2,4,6H2;1H. The Morgan fingerprint density at radius 1 is 1.50 bits per heavy atom. The molecule has 5 heteroatoms. The van der Waals surface area contributed by atoms with Crippen molar-refractivity contribution in [2.24, 2.45) is 0 Å². The van der Waals surface area contributed by atoms with Crippen molar-refractivity contribution in [3.8, 4) is 5.88 Å². The molecule has 0 spiro atoms. The Kier molecular flexibility index (Phi) is 4.62. The highest BCUT2D eigenvalue weighted by molar-refractivity contribution is 5.85. The summed E-state index contributed by atoms with van der Waals surface area (Å²) in [5, 5.41) is 3.29. The van der Waals surface area contributed by atoms with Crippen molar-refractivity contribution >= 4 is 12.4 Å². The summed E-state index contributed by atoms with van der Waals surface area (Å²) in [4.78, 5) is 7.84. The number of nitrogens with one attached hydrogen (secondary N) is 1. The normalized spacial score (nSPS) is 21.0. The second-order valence-corrected chi connectivity index (χ2v) is 3.13. The van der Waals surface area contributed by atoms with Gasteiger partial charge in [0, 0.05) is 18.8 Å². The second kappa shape index (κ2) is 5.78. The van der Waals surface area contributed by atoms with E-state index >= 15 is 0 Å². The number of rotatable bonds is 2. The molecule has 0 aromatic carbocycles. The Morgan fingerprint density at radius 2 is 2.43 bits per heavy atom. The van der Waals surface area contributed by atoms with Crippen LogP contribution in [0, 0.1) is 0 Å². The van der Waals surface area contributed by atoms with Gasteiger partial charge in [0.1, 0.15) is 12.4 Å². The van der Waals surface area contributed by atoms with Crippen molar-refractivity contribution in [1.82, 2.24) is 15.3 Å². The third-order valence-electron chi connectivity index (χ3n) is 2.09. The van der Waals surface area contributed by atoms with Crippen molar-refractivity contribution < 1.29 is 4.74 Å². The molecule has 0 saturated carbocycles. The van der Waals surface area contributed by atoms with Gasteiger partial charge in [0.25, 0.3) is 0 Å². The molecule has 0 bridgehead atoms. The number of nitrogens with zero attached hydrogens (tertiary/aromatic N) is 2. The third-order valence-corrected chi connectivity index (χ3v) is 2.09. The first-order valence-electron chi connectivity index (χ1n) is 4.58. The molecule has 1 aliphatic heterocycles. The van der Waals surface area contributed by atoms with Crippen molar-refractivity contribution in [3.05, 3.63) is 18.6 Å². The Balaban J connectivity index is 0.000000980. The molecule has 1 N–H and O–H groups in total. The highest BCUT2D eigenvalue weighted by Crippen LogP contribution is 2.10. The molecule has 0 aliphatic carbocycles. The van der Waals surface area contributed by atoms with E-state index in [4.69, 9.17) is 4.74 Å². The molecule has 1 aliphatic rings. The number of hydrogen-bond donors (Lipinski definition) is 1. The molecule has 1 aromatic heterocycles. The van der Waals surface area contributed by atoms with E-state index in [1.54, 1.807) is 12.3 Å². The van der Waals surface area contributed by atoms with E-state index in [2.05, 4.69) is 15.3 Å². The lowest BCUT2D eigenvalue weighted by atomic mass is 10.1. The molecule has 0 amide bonds. The van der Waals surface area contributed by atoms with E-state index in [9.17, 15) is 0 Å². The first kappa shape index (κ1) is 11.2. The van der Waals surface area contributed by atoms with Gasteiger partial charge in [-0.3, -0.25) is 0 Å². The van der Waals surface area contributed by atoms with Gasteiger partial charge in [-0.1, -0.05) is 0 Å². The molecule has 1 aromatic rings. The van der Waals surface area contributed by atoms with Gasteiger partial charge in [0.05, 0.1) is 0 Å². The van der Waals surface area contributed by atoms with Gasteiger partial charge in [-0.05, 0) is 19.4 Å². The summed E-state index contributed by atoms with van der Waals surface area (Å²) >= 11 is 0. The minimum absolute atomic E-state index is 0. The van der Waals surface area contributed by atoms with E-state index in [-0.39, 0.29) is 18.5 Å². The number of hydrogen-bond acceptors (Lipinski definition) is 4. The van der Waals surface area contributed by atoms with Crippen LogP contribution in [-0.4, -0.2) is 29.2 Å². The van der Waals surface area contributed by atoms with Gasteiger partial charge < -0.3 is 10.1 Å². The topological polar surface area (TPSA) is 47.0 Å². The maximum Gasteiger partial charge on any atom is 0.216 e. The molecule has 1 unspecified atom stereocenters. The fourth-order valence-electron chi connectivity index (χ4n) is 1.44. The van der Waals surface area contributed by atoms with Gasteiger partial charge in [-0.15, -0.1) is 12.4 Å². The maximum atomic E-state index is 5.64. The predicted octanol–water partition coefficient (Wildman–Crippen LogP) is 1.03. The summed E-state index contributed by atoms with van der Waals surface area (Å²) in [6, 6.07) is 1.79. The lowest BCUT2D eigenvalue weighted by Gasteiger charge is -2.22. The molecule has 0 radical (unpaired) electrons. The lowest BCUT2D eigenvalue weighted by molar-refractivity contribution is 0.160. The Morgan fingerprint density at radius 3 is 3.07 bits per heavy atom. The summed E-state index contributed by atoms with van der Waals surface area (Å²) in [7, 11) is 0. The minimum Gasteiger partial charge on any atom is -0.473 e. The number of aromatic nitrogens is 2. The van der Waals surface area contributed by atoms with Crippen LogP contribution in [0.15, 0.2) is 18.6 Å². The first-order valence-corrected chi connectivity index (χ1v) is 4.58. The molecule has 4 nitrogen and oxygen atoms in total. The molecular weight excluding hydrogens is 202 g/mol. The molecule has 1 atom stereocenters. The Labute approximate surface area is 89.5 Å². The Bertz CT molecular complexity index is 251. The molecule has 2 rings (SSSR count). The van der Waals surface area contributed by atoms with Crippen LogP contribution in [0.5, 0.6) is 5.88 Å². The average molecular weight is 216 g/mol. The van der Waals surface area contributed by atoms with Gasteiger partial charge in [0.15, 0.2) is 0 Å². The molecule has 1 fully saturated rings. The molecular formula is C9H14ClN3O. The number of halogens is 1. The highest BCUT2D eigenvalue weighted by atomic mass is 35.5. The predicted molar refractivity (Wildman–Crippen MR) is 55.8 cm³/mol. The van der Waals surface area contributed by atoms with Crippen molar-refractivity contribution in [3.63, 3.8) is 0 Å². The first-order chi connectivity index (χ1) is 6.45. The van der Waals surface area contributed by atoms with Crippen LogP contribution in [0.3, 0.4) is 0 Å². The summed E-state index contributed by atoms with van der Waals surface area (Å²) < 4.78 is 5.64. The Hall–Kier alpha value is -0.870. The second-order valence-electron chi connectivity index (χ2n) is 3.13. The monoisotopic (exact) mass is 215 g/mol. The minimum atomic E-state index is 0. The van der Waals surface area contributed by atoms with Crippen LogP contribution in [0.4, 0.5) is 0 Å². The van der Waals surface area contributed by atoms with Crippen molar-refractivity contribution in [2.75, 3.05) is 13.1 Å². The zero-order chi connectivity index (χ0) is 8.93. The van der Waals surface area contributed by atoms with Gasteiger partial charge >= 0.3 is 0 Å². The summed E-state index contributed by atoms with van der Waals surface area (Å²) in [5.41, 5.74) is 0. The molecule has 14 heavy (non-hydrogen) atoms. The molecule has 78 valence electrons. The van der Waals surface area contributed by atoms with E-state index in [0.717, 1.165) is 19.5 Å². The van der Waals surface area contributed by atoms with Gasteiger partial charge in [-0.25, -0.2) is 9.97 Å². The van der Waals surface area contributed by atoms with Crippen LogP contribution >= 0.6 is 12.4 Å². The summed E-state index contributed by atoms with van der Waals surface area (Å²) in [6.45, 7) is 2.02. The average Bonchev–Trinajstić information content (AvgIpc) is 2.21. The number of piperidine rings is 1. The lowest BCUT2D eigenvalue weighted by Crippen LogP contribution is -2.37. The van der Waals surface area contributed by atoms with Gasteiger partial charge in [0.2, 0.25) is 5.88 Å². The third kappa shape index (κ3) is 3.12.